The second-order valence-electron chi connectivity index (χ2n) is 6.34. The molecule has 2 unspecified atom stereocenters. The third-order valence-electron chi connectivity index (χ3n) is 4.24. The van der Waals surface area contributed by atoms with Crippen LogP contribution in [0.2, 0.25) is 0 Å². The SMILES string of the molecule is CC(C)NC1CCN(CC2CN(C)CCN2C)C1=O. The standard InChI is InChI=1S/C14H28N4O/c1-11(2)15-13-5-6-18(14(13)19)10-12-9-16(3)7-8-17(12)4/h11-13,15H,5-10H2,1-4H3. The summed E-state index contributed by atoms with van der Waals surface area (Å²) in [5, 5.41) is 3.36. The number of carbonyl (C=O) groups excluding carboxylic acids is 1. The monoisotopic (exact) mass is 268 g/mol. The minimum Gasteiger partial charge on any atom is -0.340 e. The van der Waals surface area contributed by atoms with E-state index in [2.05, 4.69) is 43.1 Å². The summed E-state index contributed by atoms with van der Waals surface area (Å²) < 4.78 is 0. The number of hydrogen-bond acceptors (Lipinski definition) is 4. The van der Waals surface area contributed by atoms with Crippen molar-refractivity contribution in [1.29, 1.82) is 0 Å². The molecule has 2 saturated heterocycles. The molecular formula is C14H28N4O. The topological polar surface area (TPSA) is 38.8 Å². The minimum absolute atomic E-state index is 0.0339. The van der Waals surface area contributed by atoms with Crippen molar-refractivity contribution in [3.63, 3.8) is 0 Å². The lowest BCUT2D eigenvalue weighted by atomic mass is 10.1. The van der Waals surface area contributed by atoms with Crippen LogP contribution in [-0.4, -0.2) is 85.6 Å². The van der Waals surface area contributed by atoms with E-state index in [9.17, 15) is 4.79 Å². The lowest BCUT2D eigenvalue weighted by Crippen LogP contribution is -2.55. The third-order valence-corrected chi connectivity index (χ3v) is 4.24. The average molecular weight is 268 g/mol. The van der Waals surface area contributed by atoms with E-state index in [1.807, 2.05) is 4.90 Å². The first-order valence-corrected chi connectivity index (χ1v) is 7.41. The summed E-state index contributed by atoms with van der Waals surface area (Å²) in [7, 11) is 4.33. The lowest BCUT2D eigenvalue weighted by Gasteiger charge is -2.39. The number of rotatable bonds is 4. The quantitative estimate of drug-likeness (QED) is 0.768. The third kappa shape index (κ3) is 3.68. The van der Waals surface area contributed by atoms with Gasteiger partial charge in [0.05, 0.1) is 6.04 Å². The zero-order valence-corrected chi connectivity index (χ0v) is 12.7. The Kier molecular flexibility index (Phi) is 4.81. The highest BCUT2D eigenvalue weighted by molar-refractivity contribution is 5.84. The van der Waals surface area contributed by atoms with Gasteiger partial charge in [-0.15, -0.1) is 0 Å². The summed E-state index contributed by atoms with van der Waals surface area (Å²) in [5.74, 6) is 0.287. The Hall–Kier alpha value is -0.650. The summed E-state index contributed by atoms with van der Waals surface area (Å²) in [4.78, 5) is 19.1. The van der Waals surface area contributed by atoms with Gasteiger partial charge in [0, 0.05) is 44.8 Å². The van der Waals surface area contributed by atoms with Gasteiger partial charge in [0.2, 0.25) is 5.91 Å². The predicted octanol–water partition coefficient (Wildman–Crippen LogP) is -0.169. The summed E-state index contributed by atoms with van der Waals surface area (Å²) in [6, 6.07) is 0.879. The maximum absolute atomic E-state index is 12.3. The van der Waals surface area contributed by atoms with Gasteiger partial charge in [-0.3, -0.25) is 9.69 Å². The summed E-state index contributed by atoms with van der Waals surface area (Å²) in [6.07, 6.45) is 0.948. The van der Waals surface area contributed by atoms with Crippen molar-refractivity contribution in [1.82, 2.24) is 20.0 Å². The van der Waals surface area contributed by atoms with Crippen LogP contribution in [0.4, 0.5) is 0 Å². The maximum Gasteiger partial charge on any atom is 0.239 e. The van der Waals surface area contributed by atoms with Gasteiger partial charge >= 0.3 is 0 Å². The number of carbonyl (C=O) groups is 1. The Morgan fingerprint density at radius 3 is 2.68 bits per heavy atom. The smallest absolute Gasteiger partial charge is 0.239 e. The van der Waals surface area contributed by atoms with E-state index in [0.29, 0.717) is 12.1 Å². The molecule has 0 aromatic rings. The van der Waals surface area contributed by atoms with Crippen LogP contribution in [0.15, 0.2) is 0 Å². The Morgan fingerprint density at radius 2 is 2.00 bits per heavy atom. The molecule has 2 aliphatic heterocycles. The Labute approximate surface area is 116 Å². The molecule has 2 atom stereocenters. The second-order valence-corrected chi connectivity index (χ2v) is 6.34. The molecule has 0 aliphatic carbocycles. The zero-order chi connectivity index (χ0) is 14.0. The first-order chi connectivity index (χ1) is 8.97. The van der Waals surface area contributed by atoms with Gasteiger partial charge in [0.1, 0.15) is 0 Å². The number of piperazine rings is 1. The van der Waals surface area contributed by atoms with E-state index >= 15 is 0 Å². The number of nitrogens with one attached hydrogen (secondary N) is 1. The number of likely N-dealkylation sites (N-methyl/N-ethyl adjacent to an activating group) is 2. The molecule has 110 valence electrons. The molecule has 1 N–H and O–H groups in total. The van der Waals surface area contributed by atoms with Crippen molar-refractivity contribution in [2.75, 3.05) is 46.8 Å². The molecule has 5 nitrogen and oxygen atoms in total. The highest BCUT2D eigenvalue weighted by atomic mass is 16.2. The van der Waals surface area contributed by atoms with Gasteiger partial charge in [0.15, 0.2) is 0 Å². The van der Waals surface area contributed by atoms with Crippen LogP contribution in [0.25, 0.3) is 0 Å². The molecule has 2 heterocycles. The largest absolute Gasteiger partial charge is 0.340 e. The van der Waals surface area contributed by atoms with Crippen LogP contribution in [-0.2, 0) is 4.79 Å². The van der Waals surface area contributed by atoms with E-state index in [4.69, 9.17) is 0 Å². The molecule has 0 bridgehead atoms. The minimum atomic E-state index is 0.0339. The lowest BCUT2D eigenvalue weighted by molar-refractivity contribution is -0.130. The fourth-order valence-corrected chi connectivity index (χ4v) is 3.03. The summed E-state index contributed by atoms with van der Waals surface area (Å²) in [5.41, 5.74) is 0. The van der Waals surface area contributed by atoms with Gasteiger partial charge in [-0.1, -0.05) is 13.8 Å². The van der Waals surface area contributed by atoms with Crippen LogP contribution in [0.3, 0.4) is 0 Å². The normalized spacial score (nSPS) is 30.6. The highest BCUT2D eigenvalue weighted by Crippen LogP contribution is 2.15. The molecule has 0 aromatic heterocycles. The van der Waals surface area contributed by atoms with Crippen LogP contribution in [0, 0.1) is 0 Å². The molecule has 2 aliphatic rings. The van der Waals surface area contributed by atoms with Gasteiger partial charge in [-0.2, -0.15) is 0 Å². The maximum atomic E-state index is 12.3. The number of nitrogens with zero attached hydrogens (tertiary/aromatic N) is 3. The predicted molar refractivity (Wildman–Crippen MR) is 77.2 cm³/mol. The van der Waals surface area contributed by atoms with Crippen LogP contribution >= 0.6 is 0 Å². The van der Waals surface area contributed by atoms with E-state index in [1.54, 1.807) is 0 Å². The van der Waals surface area contributed by atoms with Crippen molar-refractivity contribution >= 4 is 5.91 Å². The van der Waals surface area contributed by atoms with Gasteiger partial charge in [-0.25, -0.2) is 0 Å². The zero-order valence-electron chi connectivity index (χ0n) is 12.7. The van der Waals surface area contributed by atoms with E-state index in [1.165, 1.54) is 0 Å². The van der Waals surface area contributed by atoms with Crippen molar-refractivity contribution in [2.45, 2.75) is 38.4 Å². The molecule has 2 fully saturated rings. The molecule has 0 spiro atoms. The van der Waals surface area contributed by atoms with E-state index in [-0.39, 0.29) is 11.9 Å². The Bertz CT molecular complexity index is 321. The molecule has 0 radical (unpaired) electrons. The van der Waals surface area contributed by atoms with Crippen LogP contribution in [0.5, 0.6) is 0 Å². The van der Waals surface area contributed by atoms with Gasteiger partial charge in [0.25, 0.3) is 0 Å². The fraction of sp³-hybridized carbons (Fsp3) is 0.929. The molecule has 2 rings (SSSR count). The van der Waals surface area contributed by atoms with E-state index < -0.39 is 0 Å². The van der Waals surface area contributed by atoms with Crippen LogP contribution in [0.1, 0.15) is 20.3 Å². The number of amides is 1. The van der Waals surface area contributed by atoms with Gasteiger partial charge in [-0.05, 0) is 20.5 Å². The van der Waals surface area contributed by atoms with Gasteiger partial charge < -0.3 is 15.1 Å². The Morgan fingerprint density at radius 1 is 1.26 bits per heavy atom. The number of likely N-dealkylation sites (tertiary alicyclic amines) is 1. The summed E-state index contributed by atoms with van der Waals surface area (Å²) in [6.45, 7) is 9.24. The van der Waals surface area contributed by atoms with Crippen molar-refractivity contribution < 1.29 is 4.79 Å². The van der Waals surface area contributed by atoms with Crippen molar-refractivity contribution in [3.05, 3.63) is 0 Å². The molecule has 0 aromatic carbocycles. The molecule has 5 heteroatoms. The van der Waals surface area contributed by atoms with E-state index in [0.717, 1.165) is 39.1 Å². The first kappa shape index (κ1) is 14.8. The number of hydrogen-bond donors (Lipinski definition) is 1. The molecule has 1 amide bonds. The second kappa shape index (κ2) is 6.20. The Balaban J connectivity index is 1.87. The average Bonchev–Trinajstić information content (AvgIpc) is 2.66. The van der Waals surface area contributed by atoms with Crippen molar-refractivity contribution in [2.24, 2.45) is 0 Å². The highest BCUT2D eigenvalue weighted by Gasteiger charge is 2.34. The molecule has 19 heavy (non-hydrogen) atoms. The molecule has 0 saturated carbocycles. The van der Waals surface area contributed by atoms with Crippen molar-refractivity contribution in [3.8, 4) is 0 Å². The van der Waals surface area contributed by atoms with Crippen LogP contribution < -0.4 is 5.32 Å². The fourth-order valence-electron chi connectivity index (χ4n) is 3.03. The summed E-state index contributed by atoms with van der Waals surface area (Å²) >= 11 is 0. The first-order valence-electron chi connectivity index (χ1n) is 7.41. The molecular weight excluding hydrogens is 240 g/mol.